The highest BCUT2D eigenvalue weighted by Crippen LogP contribution is 2.13. The molecular weight excluding hydrogens is 142 g/mol. The highest BCUT2D eigenvalue weighted by atomic mass is 16.5. The summed E-state index contributed by atoms with van der Waals surface area (Å²) in [6.45, 7) is 0. The molecule has 0 saturated carbocycles. The number of hydrogen-bond acceptors (Lipinski definition) is 2. The molecule has 1 aromatic carbocycles. The van der Waals surface area contributed by atoms with E-state index in [1.54, 1.807) is 24.4 Å². The van der Waals surface area contributed by atoms with Gasteiger partial charge in [0.2, 0.25) is 0 Å². The highest BCUT2D eigenvalue weighted by molar-refractivity contribution is 5.79. The quantitative estimate of drug-likeness (QED) is 0.358. The zero-order chi connectivity index (χ0) is 8.10. The van der Waals surface area contributed by atoms with Gasteiger partial charge in [-0.15, -0.1) is 0 Å². The number of para-hydroxylation sites is 1. The Hall–Kier alpha value is -1.51. The van der Waals surface area contributed by atoms with E-state index >= 15 is 0 Å². The van der Waals surface area contributed by atoms with Gasteiger partial charge in [-0.1, -0.05) is 12.1 Å². The lowest BCUT2D eigenvalue weighted by Crippen LogP contribution is -2.60. The summed E-state index contributed by atoms with van der Waals surface area (Å²) in [7, 11) is 1.57. The van der Waals surface area contributed by atoms with Gasteiger partial charge < -0.3 is 9.94 Å². The minimum absolute atomic E-state index is 0.691. The molecule has 0 fully saturated rings. The lowest BCUT2D eigenvalue weighted by Gasteiger charge is -2.00. The van der Waals surface area contributed by atoms with Crippen LogP contribution in [0.1, 0.15) is 5.56 Å². The summed E-state index contributed by atoms with van der Waals surface area (Å²) in [4.78, 5) is 0. The van der Waals surface area contributed by atoms with Crippen molar-refractivity contribution in [3.8, 4) is 5.75 Å². The fourth-order valence-corrected chi connectivity index (χ4v) is 0.849. The molecule has 3 nitrogen and oxygen atoms in total. The minimum atomic E-state index is 0.691. The minimum Gasteiger partial charge on any atom is -0.625 e. The monoisotopic (exact) mass is 151 g/mol. The molecule has 0 atom stereocenters. The van der Waals surface area contributed by atoms with Gasteiger partial charge in [-0.25, -0.2) is 5.16 Å². The molecule has 0 aromatic heterocycles. The molecule has 1 aromatic rings. The van der Waals surface area contributed by atoms with Crippen LogP contribution in [0.2, 0.25) is 0 Å². The topological polar surface area (TPSA) is 46.3 Å². The Kier molecular flexibility index (Phi) is 2.49. The van der Waals surface area contributed by atoms with Gasteiger partial charge in [-0.2, -0.15) is 0 Å². The lowest BCUT2D eigenvalue weighted by molar-refractivity contribution is -0.366. The van der Waals surface area contributed by atoms with Crippen LogP contribution in [0.4, 0.5) is 0 Å². The maximum Gasteiger partial charge on any atom is 0.183 e. The molecule has 3 heteroatoms. The van der Waals surface area contributed by atoms with Crippen molar-refractivity contribution in [3.63, 3.8) is 0 Å². The fourth-order valence-electron chi connectivity index (χ4n) is 0.849. The molecule has 0 aliphatic rings. The molecule has 0 unspecified atom stereocenters. The van der Waals surface area contributed by atoms with Gasteiger partial charge in [0.1, 0.15) is 5.75 Å². The van der Waals surface area contributed by atoms with Gasteiger partial charge in [0.15, 0.2) is 6.21 Å². The van der Waals surface area contributed by atoms with Crippen LogP contribution in [0.5, 0.6) is 5.75 Å². The second-order valence-electron chi connectivity index (χ2n) is 2.00. The van der Waals surface area contributed by atoms with Gasteiger partial charge >= 0.3 is 0 Å². The first kappa shape index (κ1) is 7.60. The van der Waals surface area contributed by atoms with Crippen molar-refractivity contribution < 1.29 is 9.89 Å². The largest absolute Gasteiger partial charge is 0.625 e. The molecule has 0 bridgehead atoms. The maximum atomic E-state index is 10.0. The normalized spacial score (nSPS) is 10.3. The summed E-state index contributed by atoms with van der Waals surface area (Å²) in [6, 6.07) is 7.28. The second-order valence-corrected chi connectivity index (χ2v) is 2.00. The Morgan fingerprint density at radius 3 is 2.82 bits per heavy atom. The van der Waals surface area contributed by atoms with Gasteiger partial charge in [0.25, 0.3) is 0 Å². The predicted molar refractivity (Wildman–Crippen MR) is 42.5 cm³/mol. The van der Waals surface area contributed by atoms with Crippen LogP contribution in [0.25, 0.3) is 0 Å². The standard InChI is InChI=1S/C8H9NO2/c1-11-8-5-3-2-4-7(8)6-9-10/h2-6,9H,1H3. The van der Waals surface area contributed by atoms with E-state index < -0.39 is 0 Å². The molecule has 0 spiro atoms. The Morgan fingerprint density at radius 1 is 1.45 bits per heavy atom. The molecular formula is C8H9NO2. The first-order chi connectivity index (χ1) is 5.38. The SMILES string of the molecule is COc1ccccc1C=[NH+][O-]. The van der Waals surface area contributed by atoms with Gasteiger partial charge in [0, 0.05) is 0 Å². The molecule has 0 amide bonds. The third-order valence-electron chi connectivity index (χ3n) is 1.35. The van der Waals surface area contributed by atoms with Crippen molar-refractivity contribution in [2.75, 3.05) is 7.11 Å². The first-order valence-electron chi connectivity index (χ1n) is 3.22. The smallest absolute Gasteiger partial charge is 0.183 e. The molecule has 58 valence electrons. The van der Waals surface area contributed by atoms with Crippen LogP contribution in [-0.2, 0) is 0 Å². The van der Waals surface area contributed by atoms with Crippen molar-refractivity contribution >= 4 is 6.21 Å². The van der Waals surface area contributed by atoms with Crippen molar-refractivity contribution in [2.24, 2.45) is 0 Å². The molecule has 0 aliphatic carbocycles. The van der Waals surface area contributed by atoms with Crippen LogP contribution in [0.3, 0.4) is 0 Å². The predicted octanol–water partition coefficient (Wildman–Crippen LogP) is -0.308. The molecule has 1 rings (SSSR count). The van der Waals surface area contributed by atoms with E-state index in [2.05, 4.69) is 0 Å². The second kappa shape index (κ2) is 3.61. The number of nitrogens with one attached hydrogen (secondary N) is 1. The average molecular weight is 151 g/mol. The number of hydrogen-bond donors (Lipinski definition) is 1. The van der Waals surface area contributed by atoms with Crippen molar-refractivity contribution in [3.05, 3.63) is 35.0 Å². The van der Waals surface area contributed by atoms with E-state index in [4.69, 9.17) is 4.74 Å². The fraction of sp³-hybridized carbons (Fsp3) is 0.125. The average Bonchev–Trinajstić information content (AvgIpc) is 2.06. The van der Waals surface area contributed by atoms with E-state index in [1.165, 1.54) is 6.21 Å². The van der Waals surface area contributed by atoms with Crippen LogP contribution >= 0.6 is 0 Å². The van der Waals surface area contributed by atoms with Crippen LogP contribution < -0.4 is 9.89 Å². The van der Waals surface area contributed by atoms with E-state index in [1.807, 2.05) is 12.1 Å². The maximum absolute atomic E-state index is 10.0. The molecule has 11 heavy (non-hydrogen) atoms. The van der Waals surface area contributed by atoms with Gasteiger partial charge in [-0.3, -0.25) is 0 Å². The van der Waals surface area contributed by atoms with E-state index in [0.29, 0.717) is 5.75 Å². The Morgan fingerprint density at radius 2 is 2.18 bits per heavy atom. The summed E-state index contributed by atoms with van der Waals surface area (Å²) in [6.07, 6.45) is 1.35. The molecule has 0 radical (unpaired) electrons. The Bertz CT molecular complexity index is 258. The van der Waals surface area contributed by atoms with E-state index in [9.17, 15) is 5.21 Å². The van der Waals surface area contributed by atoms with Crippen molar-refractivity contribution in [1.29, 1.82) is 0 Å². The van der Waals surface area contributed by atoms with Crippen molar-refractivity contribution in [2.45, 2.75) is 0 Å². The lowest BCUT2D eigenvalue weighted by atomic mass is 10.2. The molecule has 0 saturated heterocycles. The zero-order valence-electron chi connectivity index (χ0n) is 6.20. The number of ether oxygens (including phenoxy) is 1. The van der Waals surface area contributed by atoms with E-state index in [-0.39, 0.29) is 0 Å². The Balaban J connectivity index is 3.02. The molecule has 1 N–H and O–H groups in total. The summed E-state index contributed by atoms with van der Waals surface area (Å²) in [5.74, 6) is 0.691. The van der Waals surface area contributed by atoms with Crippen molar-refractivity contribution in [1.82, 2.24) is 0 Å². The van der Waals surface area contributed by atoms with Gasteiger partial charge in [0.05, 0.1) is 12.7 Å². The summed E-state index contributed by atoms with van der Waals surface area (Å²) in [5.41, 5.74) is 0.755. The number of rotatable bonds is 2. The zero-order valence-corrected chi connectivity index (χ0v) is 6.20. The Labute approximate surface area is 64.9 Å². The van der Waals surface area contributed by atoms with Crippen LogP contribution in [0.15, 0.2) is 24.3 Å². The number of benzene rings is 1. The third-order valence-corrected chi connectivity index (χ3v) is 1.35. The molecule has 0 aliphatic heterocycles. The van der Waals surface area contributed by atoms with E-state index in [0.717, 1.165) is 5.56 Å². The van der Waals surface area contributed by atoms with Crippen LogP contribution in [0, 0.1) is 5.21 Å². The summed E-state index contributed by atoms with van der Waals surface area (Å²) in [5, 5.41) is 11.7. The molecule has 0 heterocycles. The van der Waals surface area contributed by atoms with Gasteiger partial charge in [-0.05, 0) is 12.1 Å². The summed E-state index contributed by atoms with van der Waals surface area (Å²) >= 11 is 0. The highest BCUT2D eigenvalue weighted by Gasteiger charge is 1.98. The summed E-state index contributed by atoms with van der Waals surface area (Å²) < 4.78 is 4.99. The van der Waals surface area contributed by atoms with Crippen LogP contribution in [-0.4, -0.2) is 13.3 Å². The first-order valence-corrected chi connectivity index (χ1v) is 3.22. The third kappa shape index (κ3) is 1.70. The number of methoxy groups -OCH3 is 1.